The van der Waals surface area contributed by atoms with Crippen LogP contribution < -0.4 is 0 Å². The van der Waals surface area contributed by atoms with Crippen molar-refractivity contribution in [3.8, 4) is 0 Å². The predicted octanol–water partition coefficient (Wildman–Crippen LogP) is -0.0428. The highest BCUT2D eigenvalue weighted by atomic mass is 32.2. The first-order valence-electron chi connectivity index (χ1n) is 7.05. The van der Waals surface area contributed by atoms with Crippen molar-refractivity contribution in [1.82, 2.24) is 4.90 Å². The van der Waals surface area contributed by atoms with Gasteiger partial charge < -0.3 is 9.47 Å². The van der Waals surface area contributed by atoms with Gasteiger partial charge in [0.25, 0.3) is 22.8 Å². The number of hydrogen-bond donors (Lipinski definition) is 1. The Morgan fingerprint density at radius 2 is 1.65 bits per heavy atom. The van der Waals surface area contributed by atoms with E-state index in [9.17, 15) is 18.0 Å². The van der Waals surface area contributed by atoms with E-state index in [0.717, 1.165) is 4.90 Å². The standard InChI is InChI=1S/C14H15NO7S/c16-13-10-3-1-2-4-11(10)14(17)15(13)9-7-20-12(21-8-9)5-6-22-23(18)19/h1-4,9,12,23H,5-8H2/t9-,12-. The summed E-state index contributed by atoms with van der Waals surface area (Å²) < 4.78 is 35.9. The third-order valence-corrected chi connectivity index (χ3v) is 4.08. The highest BCUT2D eigenvalue weighted by molar-refractivity contribution is 7.67. The molecule has 0 radical (unpaired) electrons. The monoisotopic (exact) mass is 341 g/mol. The van der Waals surface area contributed by atoms with Gasteiger partial charge in [0.1, 0.15) is 0 Å². The van der Waals surface area contributed by atoms with Gasteiger partial charge in [-0.05, 0) is 12.1 Å². The van der Waals surface area contributed by atoms with E-state index in [1.165, 1.54) is 0 Å². The molecule has 0 N–H and O–H groups in total. The molecule has 0 atom stereocenters. The summed E-state index contributed by atoms with van der Waals surface area (Å²) in [5.74, 6) is -0.708. The van der Waals surface area contributed by atoms with Crippen LogP contribution in [0.2, 0.25) is 0 Å². The largest absolute Gasteiger partial charge is 0.350 e. The minimum atomic E-state index is -2.89. The maximum absolute atomic E-state index is 12.3. The molecule has 2 heterocycles. The summed E-state index contributed by atoms with van der Waals surface area (Å²) >= 11 is 0. The molecule has 0 aliphatic carbocycles. The number of amides is 2. The fourth-order valence-corrected chi connectivity index (χ4v) is 2.87. The molecule has 1 fully saturated rings. The lowest BCUT2D eigenvalue weighted by Gasteiger charge is -2.33. The second-order valence-corrected chi connectivity index (χ2v) is 5.83. The summed E-state index contributed by atoms with van der Waals surface area (Å²) in [4.78, 5) is 25.8. The summed E-state index contributed by atoms with van der Waals surface area (Å²) in [7, 11) is -2.89. The summed E-state index contributed by atoms with van der Waals surface area (Å²) in [6.45, 7) is 0.236. The smallest absolute Gasteiger partial charge is 0.261 e. The van der Waals surface area contributed by atoms with E-state index in [1.807, 2.05) is 0 Å². The van der Waals surface area contributed by atoms with Crippen LogP contribution in [0, 0.1) is 0 Å². The number of carbonyl (C=O) groups excluding carboxylic acids is 2. The third kappa shape index (κ3) is 3.27. The van der Waals surface area contributed by atoms with Crippen molar-refractivity contribution in [1.29, 1.82) is 0 Å². The molecule has 1 saturated heterocycles. The van der Waals surface area contributed by atoms with Gasteiger partial charge >= 0.3 is 0 Å². The second kappa shape index (κ2) is 6.75. The molecule has 0 spiro atoms. The molecule has 23 heavy (non-hydrogen) atoms. The van der Waals surface area contributed by atoms with Crippen LogP contribution in [0.1, 0.15) is 27.1 Å². The molecular weight excluding hydrogens is 326 g/mol. The summed E-state index contributed by atoms with van der Waals surface area (Å²) in [5.41, 5.74) is 0.763. The van der Waals surface area contributed by atoms with Crippen LogP contribution in [0.4, 0.5) is 0 Å². The van der Waals surface area contributed by atoms with Crippen molar-refractivity contribution in [2.24, 2.45) is 0 Å². The maximum Gasteiger partial charge on any atom is 0.261 e. The molecule has 2 aliphatic heterocycles. The zero-order chi connectivity index (χ0) is 16.4. The van der Waals surface area contributed by atoms with Crippen LogP contribution in [0.25, 0.3) is 0 Å². The van der Waals surface area contributed by atoms with Crippen LogP contribution in [-0.2, 0) is 24.6 Å². The molecular formula is C14H15NO7S. The molecule has 0 unspecified atom stereocenters. The highest BCUT2D eigenvalue weighted by Gasteiger charge is 2.41. The Morgan fingerprint density at radius 3 is 2.17 bits per heavy atom. The fourth-order valence-electron chi connectivity index (χ4n) is 2.61. The van der Waals surface area contributed by atoms with Gasteiger partial charge in [-0.2, -0.15) is 0 Å². The highest BCUT2D eigenvalue weighted by Crippen LogP contribution is 2.26. The van der Waals surface area contributed by atoms with E-state index in [1.54, 1.807) is 24.3 Å². The van der Waals surface area contributed by atoms with Gasteiger partial charge in [0.2, 0.25) is 0 Å². The van der Waals surface area contributed by atoms with Crippen LogP contribution in [0.3, 0.4) is 0 Å². The van der Waals surface area contributed by atoms with E-state index in [4.69, 9.17) is 9.47 Å². The minimum Gasteiger partial charge on any atom is -0.350 e. The summed E-state index contributed by atoms with van der Waals surface area (Å²) in [6.07, 6.45) is -0.366. The van der Waals surface area contributed by atoms with Crippen molar-refractivity contribution < 1.29 is 31.7 Å². The van der Waals surface area contributed by atoms with Gasteiger partial charge in [0.15, 0.2) is 6.29 Å². The number of fused-ring (bicyclic) bond motifs is 1. The molecule has 0 bridgehead atoms. The minimum absolute atomic E-state index is 0.0406. The van der Waals surface area contributed by atoms with Gasteiger partial charge in [-0.1, -0.05) is 12.1 Å². The number of hydrogen-bond acceptors (Lipinski definition) is 7. The van der Waals surface area contributed by atoms with Crippen molar-refractivity contribution in [3.63, 3.8) is 0 Å². The Labute approximate surface area is 134 Å². The van der Waals surface area contributed by atoms with E-state index in [2.05, 4.69) is 4.18 Å². The maximum atomic E-state index is 12.3. The molecule has 1 aromatic carbocycles. The van der Waals surface area contributed by atoms with E-state index >= 15 is 0 Å². The lowest BCUT2D eigenvalue weighted by molar-refractivity contribution is -0.201. The van der Waals surface area contributed by atoms with E-state index in [-0.39, 0.29) is 38.1 Å². The Hall–Kier alpha value is -1.81. The molecule has 1 aromatic rings. The molecule has 3 rings (SSSR count). The number of imide groups is 1. The Balaban J connectivity index is 1.59. The predicted molar refractivity (Wildman–Crippen MR) is 77.3 cm³/mol. The Kier molecular flexibility index (Phi) is 4.71. The van der Waals surface area contributed by atoms with Crippen molar-refractivity contribution in [2.45, 2.75) is 18.8 Å². The average molecular weight is 341 g/mol. The summed E-state index contributed by atoms with van der Waals surface area (Å²) in [5, 5.41) is 0. The normalized spacial score (nSPS) is 24.3. The molecule has 8 nitrogen and oxygen atoms in total. The number of benzene rings is 1. The van der Waals surface area contributed by atoms with E-state index in [0.29, 0.717) is 11.1 Å². The summed E-state index contributed by atoms with van der Waals surface area (Å²) in [6, 6.07) is 6.14. The van der Waals surface area contributed by atoms with Crippen LogP contribution >= 0.6 is 0 Å². The van der Waals surface area contributed by atoms with Gasteiger partial charge in [-0.3, -0.25) is 18.7 Å². The topological polar surface area (TPSA) is 99.2 Å². The molecule has 124 valence electrons. The number of carbonyl (C=O) groups is 2. The second-order valence-electron chi connectivity index (χ2n) is 5.12. The zero-order valence-electron chi connectivity index (χ0n) is 12.0. The van der Waals surface area contributed by atoms with Gasteiger partial charge in [0, 0.05) is 6.42 Å². The number of nitrogens with zero attached hydrogens (tertiary/aromatic N) is 1. The van der Waals surface area contributed by atoms with Crippen molar-refractivity contribution >= 4 is 22.8 Å². The third-order valence-electron chi connectivity index (χ3n) is 3.69. The molecule has 2 amide bonds. The first-order valence-corrected chi connectivity index (χ1v) is 8.15. The zero-order valence-corrected chi connectivity index (χ0v) is 12.9. The van der Waals surface area contributed by atoms with Crippen LogP contribution in [0.15, 0.2) is 24.3 Å². The van der Waals surface area contributed by atoms with Gasteiger partial charge in [-0.25, -0.2) is 8.42 Å². The van der Waals surface area contributed by atoms with Crippen molar-refractivity contribution in [3.05, 3.63) is 35.4 Å². The lowest BCUT2D eigenvalue weighted by Crippen LogP contribution is -2.50. The van der Waals surface area contributed by atoms with Crippen LogP contribution in [0.5, 0.6) is 0 Å². The molecule has 2 aliphatic rings. The first-order chi connectivity index (χ1) is 11.1. The average Bonchev–Trinajstić information content (AvgIpc) is 2.80. The molecule has 0 saturated carbocycles. The van der Waals surface area contributed by atoms with E-state index < -0.39 is 23.3 Å². The van der Waals surface area contributed by atoms with Gasteiger partial charge in [-0.15, -0.1) is 0 Å². The molecule has 0 aromatic heterocycles. The first kappa shape index (κ1) is 16.1. The lowest BCUT2D eigenvalue weighted by atomic mass is 10.1. The number of thiol groups is 1. The van der Waals surface area contributed by atoms with Crippen molar-refractivity contribution in [2.75, 3.05) is 19.8 Å². The quantitative estimate of drug-likeness (QED) is 0.592. The molecule has 9 heteroatoms. The fraction of sp³-hybridized carbons (Fsp3) is 0.429. The number of ether oxygens (including phenoxy) is 2. The Morgan fingerprint density at radius 1 is 1.09 bits per heavy atom. The van der Waals surface area contributed by atoms with Gasteiger partial charge in [0.05, 0.1) is 37.0 Å². The van der Waals surface area contributed by atoms with Crippen LogP contribution in [-0.4, -0.2) is 57.3 Å². The number of rotatable bonds is 5. The SMILES string of the molecule is O=C1c2ccccc2C(=O)N1[C@H]1CO[C@H](CCO[SH](=O)=O)OC1. The Bertz CT molecular complexity index is 651.